The van der Waals surface area contributed by atoms with Crippen molar-refractivity contribution in [3.63, 3.8) is 0 Å². The molecule has 0 aliphatic heterocycles. The Hall–Kier alpha value is -0.620. The fourth-order valence-corrected chi connectivity index (χ4v) is 3.18. The second kappa shape index (κ2) is 3.86. The van der Waals surface area contributed by atoms with E-state index in [1.807, 2.05) is 6.92 Å². The van der Waals surface area contributed by atoms with Crippen LogP contribution >= 0.6 is 0 Å². The van der Waals surface area contributed by atoms with E-state index in [0.717, 1.165) is 25.7 Å². The highest BCUT2D eigenvalue weighted by Gasteiger charge is 2.33. The van der Waals surface area contributed by atoms with Gasteiger partial charge < -0.3 is 5.11 Å². The average molecular weight is 221 g/mol. The predicted molar refractivity (Wildman–Crippen MR) is 51.4 cm³/mol. The topological polar surface area (TPSA) is 83.5 Å². The molecule has 6 heteroatoms. The average Bonchev–Trinajstić information content (AvgIpc) is 2.30. The van der Waals surface area contributed by atoms with E-state index in [9.17, 15) is 13.2 Å². The van der Waals surface area contributed by atoms with Crippen LogP contribution in [0, 0.1) is 0 Å². The molecule has 0 bridgehead atoms. The van der Waals surface area contributed by atoms with Crippen LogP contribution in [-0.4, -0.2) is 30.8 Å². The van der Waals surface area contributed by atoms with Gasteiger partial charge in [-0.25, -0.2) is 13.1 Å². The van der Waals surface area contributed by atoms with Crippen LogP contribution in [0.25, 0.3) is 0 Å². The molecule has 0 saturated heterocycles. The van der Waals surface area contributed by atoms with E-state index < -0.39 is 27.3 Å². The molecular formula is C8H15NO4S. The molecule has 0 aromatic rings. The first-order valence-electron chi connectivity index (χ1n) is 4.56. The van der Waals surface area contributed by atoms with Crippen molar-refractivity contribution in [2.24, 2.45) is 0 Å². The summed E-state index contributed by atoms with van der Waals surface area (Å²) >= 11 is 0. The van der Waals surface area contributed by atoms with E-state index in [1.165, 1.54) is 0 Å². The van der Waals surface area contributed by atoms with Crippen LogP contribution in [0.15, 0.2) is 0 Å². The van der Waals surface area contributed by atoms with Gasteiger partial charge in [0.25, 0.3) is 0 Å². The smallest absolute Gasteiger partial charge is 0.320 e. The summed E-state index contributed by atoms with van der Waals surface area (Å²) in [5, 5.41) is 8.39. The van der Waals surface area contributed by atoms with Gasteiger partial charge in [-0.3, -0.25) is 4.79 Å². The van der Waals surface area contributed by atoms with E-state index in [4.69, 9.17) is 5.11 Å². The summed E-state index contributed by atoms with van der Waals surface area (Å²) in [6.07, 6.45) is 3.55. The first-order chi connectivity index (χ1) is 6.33. The Kier molecular flexibility index (Phi) is 3.16. The summed E-state index contributed by atoms with van der Waals surface area (Å²) in [5.74, 6) is -2.16. The van der Waals surface area contributed by atoms with Crippen molar-refractivity contribution in [2.75, 3.05) is 5.75 Å². The molecule has 5 nitrogen and oxygen atoms in total. The van der Waals surface area contributed by atoms with Gasteiger partial charge in [0.05, 0.1) is 0 Å². The zero-order valence-electron chi connectivity index (χ0n) is 8.12. The molecular weight excluding hydrogens is 206 g/mol. The van der Waals surface area contributed by atoms with E-state index in [-0.39, 0.29) is 0 Å². The first-order valence-corrected chi connectivity index (χ1v) is 6.22. The third-order valence-corrected chi connectivity index (χ3v) is 3.85. The van der Waals surface area contributed by atoms with Crippen molar-refractivity contribution in [3.05, 3.63) is 0 Å². The lowest BCUT2D eigenvalue weighted by Gasteiger charge is -2.24. The van der Waals surface area contributed by atoms with E-state index in [1.54, 1.807) is 0 Å². The van der Waals surface area contributed by atoms with Crippen molar-refractivity contribution >= 4 is 16.0 Å². The number of rotatable bonds is 4. The molecule has 0 radical (unpaired) electrons. The van der Waals surface area contributed by atoms with Gasteiger partial charge in [0.1, 0.15) is 0 Å². The van der Waals surface area contributed by atoms with Gasteiger partial charge >= 0.3 is 5.97 Å². The van der Waals surface area contributed by atoms with Crippen LogP contribution in [0.2, 0.25) is 0 Å². The number of hydrogen-bond donors (Lipinski definition) is 2. The molecule has 1 fully saturated rings. The van der Waals surface area contributed by atoms with Crippen molar-refractivity contribution in [3.8, 4) is 0 Å². The van der Waals surface area contributed by atoms with Crippen LogP contribution in [0.5, 0.6) is 0 Å². The van der Waals surface area contributed by atoms with Gasteiger partial charge in [0.2, 0.25) is 10.0 Å². The lowest BCUT2D eigenvalue weighted by Crippen LogP contribution is -2.45. The molecule has 1 aliphatic rings. The molecule has 0 unspecified atom stereocenters. The number of hydrogen-bond acceptors (Lipinski definition) is 3. The number of aliphatic carboxylic acids is 1. The molecule has 0 aromatic carbocycles. The molecule has 1 saturated carbocycles. The Labute approximate surface area is 83.6 Å². The van der Waals surface area contributed by atoms with Gasteiger partial charge in [-0.1, -0.05) is 12.8 Å². The van der Waals surface area contributed by atoms with Crippen molar-refractivity contribution in [1.82, 2.24) is 4.72 Å². The highest BCUT2D eigenvalue weighted by molar-refractivity contribution is 7.90. The summed E-state index contributed by atoms with van der Waals surface area (Å²) in [6.45, 7) is 1.82. The maximum Gasteiger partial charge on any atom is 0.320 e. The fourth-order valence-electron chi connectivity index (χ4n) is 1.83. The van der Waals surface area contributed by atoms with Gasteiger partial charge in [-0.2, -0.15) is 0 Å². The lowest BCUT2D eigenvalue weighted by molar-refractivity contribution is -0.134. The van der Waals surface area contributed by atoms with E-state index in [2.05, 4.69) is 4.72 Å². The minimum atomic E-state index is -3.67. The molecule has 0 amide bonds. The lowest BCUT2D eigenvalue weighted by atomic mass is 10.0. The Morgan fingerprint density at radius 1 is 1.43 bits per heavy atom. The highest BCUT2D eigenvalue weighted by atomic mass is 32.2. The van der Waals surface area contributed by atoms with Crippen molar-refractivity contribution in [2.45, 2.75) is 38.1 Å². The van der Waals surface area contributed by atoms with Gasteiger partial charge in [0.15, 0.2) is 5.75 Å². The Balaban J connectivity index is 2.62. The third-order valence-electron chi connectivity index (χ3n) is 2.42. The fraction of sp³-hybridized carbons (Fsp3) is 0.875. The van der Waals surface area contributed by atoms with E-state index in [0.29, 0.717) is 0 Å². The standard InChI is InChI=1S/C8H15NO4S/c1-8(4-2-3-5-8)9-14(12,13)6-7(10)11/h9H,2-6H2,1H3,(H,10,11). The first kappa shape index (κ1) is 11.5. The summed E-state index contributed by atoms with van der Waals surface area (Å²) in [6, 6.07) is 0. The molecule has 1 aliphatic carbocycles. The van der Waals surface area contributed by atoms with Gasteiger partial charge in [-0.15, -0.1) is 0 Å². The number of carbonyl (C=O) groups is 1. The minimum Gasteiger partial charge on any atom is -0.480 e. The highest BCUT2D eigenvalue weighted by Crippen LogP contribution is 2.29. The maximum absolute atomic E-state index is 11.3. The molecule has 0 spiro atoms. The SMILES string of the molecule is CC1(NS(=O)(=O)CC(=O)O)CCCC1. The number of nitrogens with one attached hydrogen (secondary N) is 1. The number of sulfonamides is 1. The predicted octanol–water partition coefficient (Wildman–Crippen LogP) is 0.323. The zero-order valence-corrected chi connectivity index (χ0v) is 8.93. The normalized spacial score (nSPS) is 20.9. The number of carboxylic acids is 1. The quantitative estimate of drug-likeness (QED) is 0.716. The van der Waals surface area contributed by atoms with Crippen molar-refractivity contribution < 1.29 is 18.3 Å². The Morgan fingerprint density at radius 3 is 2.36 bits per heavy atom. The van der Waals surface area contributed by atoms with Crippen LogP contribution in [0.1, 0.15) is 32.6 Å². The minimum absolute atomic E-state index is 0.436. The van der Waals surface area contributed by atoms with Gasteiger partial charge in [-0.05, 0) is 19.8 Å². The summed E-state index contributed by atoms with van der Waals surface area (Å²) < 4.78 is 25.1. The van der Waals surface area contributed by atoms with E-state index >= 15 is 0 Å². The summed E-state index contributed by atoms with van der Waals surface area (Å²) in [5.41, 5.74) is -0.436. The number of carboxylic acid groups (broad SMARTS) is 1. The largest absolute Gasteiger partial charge is 0.480 e. The molecule has 0 heterocycles. The van der Waals surface area contributed by atoms with Crippen LogP contribution in [0.3, 0.4) is 0 Å². The third kappa shape index (κ3) is 3.26. The molecule has 0 atom stereocenters. The van der Waals surface area contributed by atoms with Crippen LogP contribution < -0.4 is 4.72 Å². The van der Waals surface area contributed by atoms with Gasteiger partial charge in [0, 0.05) is 5.54 Å². The molecule has 82 valence electrons. The molecule has 2 N–H and O–H groups in total. The monoisotopic (exact) mass is 221 g/mol. The maximum atomic E-state index is 11.3. The second-order valence-electron chi connectivity index (χ2n) is 4.02. The summed E-state index contributed by atoms with van der Waals surface area (Å²) in [4.78, 5) is 10.3. The Bertz CT molecular complexity index is 316. The Morgan fingerprint density at radius 2 is 1.93 bits per heavy atom. The van der Waals surface area contributed by atoms with Crippen LogP contribution in [-0.2, 0) is 14.8 Å². The molecule has 0 aromatic heterocycles. The van der Waals surface area contributed by atoms with Crippen molar-refractivity contribution in [1.29, 1.82) is 0 Å². The zero-order chi connectivity index (χ0) is 10.8. The summed E-state index contributed by atoms with van der Waals surface area (Å²) in [7, 11) is -3.67. The second-order valence-corrected chi connectivity index (χ2v) is 5.74. The van der Waals surface area contributed by atoms with Crippen LogP contribution in [0.4, 0.5) is 0 Å². The molecule has 1 rings (SSSR count). The molecule has 14 heavy (non-hydrogen) atoms.